The van der Waals surface area contributed by atoms with E-state index in [0.717, 1.165) is 0 Å². The largest absolute Gasteiger partial charge is 0.495 e. The van der Waals surface area contributed by atoms with E-state index in [9.17, 15) is 13.2 Å². The summed E-state index contributed by atoms with van der Waals surface area (Å²) in [7, 11) is -1.65. The zero-order valence-electron chi connectivity index (χ0n) is 16.0. The molecule has 2 aromatic carbocycles. The van der Waals surface area contributed by atoms with Crippen LogP contribution in [0.4, 0.5) is 5.69 Å². The van der Waals surface area contributed by atoms with Crippen molar-refractivity contribution in [2.45, 2.75) is 11.3 Å². The lowest BCUT2D eigenvalue weighted by Crippen LogP contribution is -2.38. The smallest absolute Gasteiger partial charge is 0.285 e. The number of rotatable bonds is 5. The molecule has 0 N–H and O–H groups in total. The Bertz CT molecular complexity index is 1090. The van der Waals surface area contributed by atoms with Crippen molar-refractivity contribution in [1.82, 2.24) is 0 Å². The maximum Gasteiger partial charge on any atom is 0.285 e. The first-order valence-electron chi connectivity index (χ1n) is 9.15. The Morgan fingerprint density at radius 2 is 2.00 bits per heavy atom. The minimum absolute atomic E-state index is 0.0198. The maximum absolute atomic E-state index is 12.5. The van der Waals surface area contributed by atoms with E-state index >= 15 is 0 Å². The molecule has 0 saturated carbocycles. The van der Waals surface area contributed by atoms with Gasteiger partial charge in [-0.1, -0.05) is 41.6 Å². The highest BCUT2D eigenvalue weighted by Crippen LogP contribution is 2.44. The average Bonchev–Trinajstić information content (AvgIpc) is 3.17. The predicted molar refractivity (Wildman–Crippen MR) is 119 cm³/mol. The highest BCUT2D eigenvalue weighted by molar-refractivity contribution is 8.16. The van der Waals surface area contributed by atoms with Crippen LogP contribution in [-0.2, 0) is 14.6 Å². The molecule has 2 aromatic rings. The number of fused-ring (bicyclic) bond motifs is 1. The van der Waals surface area contributed by atoms with E-state index in [1.807, 2.05) is 18.2 Å². The zero-order chi connectivity index (χ0) is 21.3. The van der Waals surface area contributed by atoms with Crippen molar-refractivity contribution in [3.63, 3.8) is 0 Å². The predicted octanol–water partition coefficient (Wildman–Crippen LogP) is 3.03. The van der Waals surface area contributed by atoms with E-state index < -0.39 is 15.7 Å². The van der Waals surface area contributed by atoms with Gasteiger partial charge in [0.05, 0.1) is 30.3 Å². The van der Waals surface area contributed by atoms with Crippen LogP contribution < -0.4 is 14.4 Å². The summed E-state index contributed by atoms with van der Waals surface area (Å²) in [5.74, 6) is 0.644. The van der Waals surface area contributed by atoms with Crippen molar-refractivity contribution in [1.29, 1.82) is 0 Å². The van der Waals surface area contributed by atoms with Crippen LogP contribution in [0, 0.1) is 0 Å². The molecule has 2 aliphatic rings. The number of halogens is 1. The van der Waals surface area contributed by atoms with Gasteiger partial charge in [-0.3, -0.25) is 4.79 Å². The molecule has 0 spiro atoms. The number of benzene rings is 2. The third kappa shape index (κ3) is 4.43. The van der Waals surface area contributed by atoms with Gasteiger partial charge in [0.25, 0.3) is 5.91 Å². The molecule has 30 heavy (non-hydrogen) atoms. The second-order valence-electron chi connectivity index (χ2n) is 6.88. The first-order valence-corrected chi connectivity index (χ1v) is 12.2. The SMILES string of the molecule is COc1ccc(Cl)cc1N1C(=NC(=O)COc2ccccc2)S[C@@H]2CS(=O)(=O)C[C@@H]21. The fourth-order valence-electron chi connectivity index (χ4n) is 3.50. The molecule has 2 fully saturated rings. The number of para-hydroxylation sites is 1. The molecule has 0 aliphatic carbocycles. The summed E-state index contributed by atoms with van der Waals surface area (Å²) in [6.45, 7) is -0.220. The molecule has 10 heteroatoms. The topological polar surface area (TPSA) is 85.3 Å². The van der Waals surface area contributed by atoms with Crippen LogP contribution in [0.5, 0.6) is 11.5 Å². The van der Waals surface area contributed by atoms with Gasteiger partial charge >= 0.3 is 0 Å². The van der Waals surface area contributed by atoms with E-state index in [1.54, 1.807) is 35.2 Å². The quantitative estimate of drug-likeness (QED) is 0.669. The highest BCUT2D eigenvalue weighted by atomic mass is 35.5. The lowest BCUT2D eigenvalue weighted by Gasteiger charge is -2.26. The lowest BCUT2D eigenvalue weighted by molar-refractivity contribution is -0.119. The third-order valence-corrected chi connectivity index (χ3v) is 8.24. The van der Waals surface area contributed by atoms with Crippen LogP contribution in [0.25, 0.3) is 0 Å². The summed E-state index contributed by atoms with van der Waals surface area (Å²) in [6.07, 6.45) is 0. The molecule has 7 nitrogen and oxygen atoms in total. The molecule has 0 aromatic heterocycles. The van der Waals surface area contributed by atoms with Gasteiger partial charge in [0, 0.05) is 10.3 Å². The van der Waals surface area contributed by atoms with Crippen LogP contribution in [0.2, 0.25) is 5.02 Å². The fourth-order valence-corrected chi connectivity index (χ4v) is 7.59. The number of aliphatic imine (C=N–C) groups is 1. The van der Waals surface area contributed by atoms with Crippen LogP contribution in [-0.4, -0.2) is 56.0 Å². The van der Waals surface area contributed by atoms with Crippen LogP contribution in [0.1, 0.15) is 0 Å². The van der Waals surface area contributed by atoms with E-state index in [1.165, 1.54) is 18.9 Å². The molecule has 0 unspecified atom stereocenters. The Morgan fingerprint density at radius 1 is 1.23 bits per heavy atom. The Labute approximate surface area is 183 Å². The van der Waals surface area contributed by atoms with E-state index in [0.29, 0.717) is 27.4 Å². The van der Waals surface area contributed by atoms with Crippen LogP contribution >= 0.6 is 23.4 Å². The van der Waals surface area contributed by atoms with Crippen molar-refractivity contribution in [2.24, 2.45) is 4.99 Å². The van der Waals surface area contributed by atoms with Crippen molar-refractivity contribution < 1.29 is 22.7 Å². The van der Waals surface area contributed by atoms with Gasteiger partial charge in [-0.05, 0) is 30.3 Å². The summed E-state index contributed by atoms with van der Waals surface area (Å²) in [5.41, 5.74) is 0.581. The number of thioether (sulfide) groups is 1. The number of hydrogen-bond acceptors (Lipinski definition) is 6. The number of hydrogen-bond donors (Lipinski definition) is 0. The van der Waals surface area contributed by atoms with Gasteiger partial charge in [0.1, 0.15) is 11.5 Å². The van der Waals surface area contributed by atoms with Gasteiger partial charge < -0.3 is 14.4 Å². The van der Waals surface area contributed by atoms with Crippen LogP contribution in [0.3, 0.4) is 0 Å². The van der Waals surface area contributed by atoms with Gasteiger partial charge in [-0.2, -0.15) is 4.99 Å². The minimum atomic E-state index is -3.18. The molecule has 0 bridgehead atoms. The average molecular weight is 467 g/mol. The summed E-state index contributed by atoms with van der Waals surface area (Å²) in [4.78, 5) is 18.5. The van der Waals surface area contributed by atoms with Gasteiger partial charge in [0.2, 0.25) is 0 Å². The summed E-state index contributed by atoms with van der Waals surface area (Å²) < 4.78 is 35.3. The lowest BCUT2D eigenvalue weighted by atomic mass is 10.2. The normalized spacial score (nSPS) is 23.4. The van der Waals surface area contributed by atoms with E-state index in [-0.39, 0.29) is 29.4 Å². The fraction of sp³-hybridized carbons (Fsp3) is 0.300. The molecule has 2 saturated heterocycles. The molecular formula is C20H19ClN2O5S2. The molecule has 158 valence electrons. The van der Waals surface area contributed by atoms with Crippen LogP contribution in [0.15, 0.2) is 53.5 Å². The van der Waals surface area contributed by atoms with Crippen molar-refractivity contribution in [2.75, 3.05) is 30.1 Å². The number of nitrogens with zero attached hydrogens (tertiary/aromatic N) is 2. The first-order chi connectivity index (χ1) is 14.4. The second-order valence-corrected chi connectivity index (χ2v) is 10.7. The van der Waals surface area contributed by atoms with E-state index in [4.69, 9.17) is 21.1 Å². The van der Waals surface area contributed by atoms with Crippen molar-refractivity contribution >= 4 is 50.0 Å². The Balaban J connectivity index is 1.64. The minimum Gasteiger partial charge on any atom is -0.495 e. The molecule has 2 heterocycles. The number of amides is 1. The number of carbonyl (C=O) groups excluding carboxylic acids is 1. The number of sulfone groups is 1. The maximum atomic E-state index is 12.5. The molecule has 2 aliphatic heterocycles. The molecule has 1 amide bonds. The Morgan fingerprint density at radius 3 is 2.73 bits per heavy atom. The highest BCUT2D eigenvalue weighted by Gasteiger charge is 2.50. The van der Waals surface area contributed by atoms with Crippen molar-refractivity contribution in [3.05, 3.63) is 53.6 Å². The second kappa shape index (κ2) is 8.49. The molecule has 4 rings (SSSR count). The summed E-state index contributed by atoms with van der Waals surface area (Å²) >= 11 is 7.47. The number of methoxy groups -OCH3 is 1. The zero-order valence-corrected chi connectivity index (χ0v) is 18.4. The monoisotopic (exact) mass is 466 g/mol. The number of anilines is 1. The summed E-state index contributed by atoms with van der Waals surface area (Å²) in [5, 5.41) is 0.667. The number of amidine groups is 1. The number of carbonyl (C=O) groups is 1. The molecule has 2 atom stereocenters. The first kappa shape index (κ1) is 21.0. The Kier molecular flexibility index (Phi) is 5.95. The van der Waals surface area contributed by atoms with Crippen molar-refractivity contribution in [3.8, 4) is 11.5 Å². The van der Waals surface area contributed by atoms with Gasteiger partial charge in [-0.25, -0.2) is 8.42 Å². The van der Waals surface area contributed by atoms with Gasteiger partial charge in [-0.15, -0.1) is 0 Å². The Hall–Kier alpha value is -2.23. The van der Waals surface area contributed by atoms with Gasteiger partial charge in [0.15, 0.2) is 21.6 Å². The standard InChI is InChI=1S/C20H19ClN2O5S2/c1-27-17-8-7-13(21)9-15(17)23-16-11-30(25,26)12-18(16)29-20(23)22-19(24)10-28-14-5-3-2-4-6-14/h2-9,16,18H,10-12H2,1H3/t16-,18+/m0/s1. The number of ether oxygens (including phenoxy) is 2. The molecule has 0 radical (unpaired) electrons. The van der Waals surface area contributed by atoms with E-state index in [2.05, 4.69) is 4.99 Å². The molecular weight excluding hydrogens is 448 g/mol. The third-order valence-electron chi connectivity index (χ3n) is 4.79. The summed E-state index contributed by atoms with van der Waals surface area (Å²) in [6, 6.07) is 13.7.